The summed E-state index contributed by atoms with van der Waals surface area (Å²) in [4.78, 5) is 12.4. The van der Waals surface area contributed by atoms with E-state index >= 15 is 0 Å². The standard InChI is InChI=1S/C16H12N2O2S/c1-20-14-3-2-11(9-17)8-12(14)10-18-6-4-15-13(16(18)19)5-7-21-15/h2-8H,10H2,1H3. The van der Waals surface area contributed by atoms with E-state index in [-0.39, 0.29) is 5.56 Å². The topological polar surface area (TPSA) is 55.0 Å². The Bertz CT molecular complexity index is 903. The van der Waals surface area contributed by atoms with E-state index in [1.54, 1.807) is 47.4 Å². The van der Waals surface area contributed by atoms with Gasteiger partial charge in [-0.3, -0.25) is 4.79 Å². The van der Waals surface area contributed by atoms with Gasteiger partial charge in [-0.15, -0.1) is 11.3 Å². The highest BCUT2D eigenvalue weighted by Gasteiger charge is 2.08. The van der Waals surface area contributed by atoms with Gasteiger partial charge in [-0.2, -0.15) is 5.26 Å². The first-order valence-corrected chi connectivity index (χ1v) is 7.24. The summed E-state index contributed by atoms with van der Waals surface area (Å²) in [5.41, 5.74) is 1.34. The highest BCUT2D eigenvalue weighted by atomic mass is 32.1. The number of aromatic nitrogens is 1. The summed E-state index contributed by atoms with van der Waals surface area (Å²) in [5, 5.41) is 11.6. The van der Waals surface area contributed by atoms with Gasteiger partial charge in [0.25, 0.3) is 5.56 Å². The zero-order valence-electron chi connectivity index (χ0n) is 11.4. The first-order valence-electron chi connectivity index (χ1n) is 6.36. The van der Waals surface area contributed by atoms with Crippen LogP contribution in [0.4, 0.5) is 0 Å². The molecule has 0 unspecified atom stereocenters. The van der Waals surface area contributed by atoms with E-state index in [1.165, 1.54) is 0 Å². The molecule has 3 rings (SSSR count). The lowest BCUT2D eigenvalue weighted by molar-refractivity contribution is 0.408. The highest BCUT2D eigenvalue weighted by molar-refractivity contribution is 7.17. The lowest BCUT2D eigenvalue weighted by Crippen LogP contribution is -2.19. The Kier molecular flexibility index (Phi) is 3.46. The summed E-state index contributed by atoms with van der Waals surface area (Å²) in [5.74, 6) is 0.673. The van der Waals surface area contributed by atoms with Crippen LogP contribution in [0.5, 0.6) is 5.75 Å². The monoisotopic (exact) mass is 296 g/mol. The van der Waals surface area contributed by atoms with Crippen molar-refractivity contribution in [2.75, 3.05) is 7.11 Å². The Morgan fingerprint density at radius 1 is 1.33 bits per heavy atom. The van der Waals surface area contributed by atoms with E-state index < -0.39 is 0 Å². The summed E-state index contributed by atoms with van der Waals surface area (Å²) in [6, 6.07) is 11.1. The average Bonchev–Trinajstić information content (AvgIpc) is 2.99. The van der Waals surface area contributed by atoms with Crippen LogP contribution in [-0.4, -0.2) is 11.7 Å². The lowest BCUT2D eigenvalue weighted by Gasteiger charge is -2.11. The molecule has 1 aromatic carbocycles. The summed E-state index contributed by atoms with van der Waals surface area (Å²) in [6.07, 6.45) is 1.78. The van der Waals surface area contributed by atoms with Gasteiger partial charge in [-0.05, 0) is 35.7 Å². The maximum absolute atomic E-state index is 12.4. The Morgan fingerprint density at radius 2 is 2.19 bits per heavy atom. The fourth-order valence-electron chi connectivity index (χ4n) is 2.29. The zero-order chi connectivity index (χ0) is 14.8. The largest absolute Gasteiger partial charge is 0.496 e. The molecule has 0 radical (unpaired) electrons. The molecule has 4 nitrogen and oxygen atoms in total. The minimum atomic E-state index is -0.0295. The second-order valence-electron chi connectivity index (χ2n) is 4.59. The molecular formula is C16H12N2O2S. The molecule has 0 fully saturated rings. The van der Waals surface area contributed by atoms with Crippen LogP contribution in [0.3, 0.4) is 0 Å². The van der Waals surface area contributed by atoms with Crippen LogP contribution in [0.2, 0.25) is 0 Å². The fraction of sp³-hybridized carbons (Fsp3) is 0.125. The third-order valence-corrected chi connectivity index (χ3v) is 4.22. The van der Waals surface area contributed by atoms with Gasteiger partial charge in [-0.25, -0.2) is 0 Å². The molecule has 0 aliphatic rings. The molecule has 0 atom stereocenters. The fourth-order valence-corrected chi connectivity index (χ4v) is 3.06. The van der Waals surface area contributed by atoms with Crippen molar-refractivity contribution in [2.45, 2.75) is 6.54 Å². The van der Waals surface area contributed by atoms with E-state index in [2.05, 4.69) is 6.07 Å². The second kappa shape index (κ2) is 5.43. The van der Waals surface area contributed by atoms with Crippen molar-refractivity contribution in [3.63, 3.8) is 0 Å². The van der Waals surface area contributed by atoms with Crippen molar-refractivity contribution in [1.29, 1.82) is 5.26 Å². The first kappa shape index (κ1) is 13.4. The van der Waals surface area contributed by atoms with Gasteiger partial charge in [0.2, 0.25) is 0 Å². The summed E-state index contributed by atoms with van der Waals surface area (Å²) in [6.45, 7) is 0.378. The predicted molar refractivity (Wildman–Crippen MR) is 82.9 cm³/mol. The molecular weight excluding hydrogens is 284 g/mol. The highest BCUT2D eigenvalue weighted by Crippen LogP contribution is 2.21. The number of ether oxygens (including phenoxy) is 1. The van der Waals surface area contributed by atoms with Crippen molar-refractivity contribution in [1.82, 2.24) is 4.57 Å². The van der Waals surface area contributed by atoms with E-state index in [4.69, 9.17) is 10.00 Å². The molecule has 5 heteroatoms. The van der Waals surface area contributed by atoms with Crippen LogP contribution in [0.15, 0.2) is 46.7 Å². The normalized spacial score (nSPS) is 10.5. The van der Waals surface area contributed by atoms with Crippen LogP contribution in [0.1, 0.15) is 11.1 Å². The summed E-state index contributed by atoms with van der Waals surface area (Å²) >= 11 is 1.55. The number of fused-ring (bicyclic) bond motifs is 1. The lowest BCUT2D eigenvalue weighted by atomic mass is 10.1. The third-order valence-electron chi connectivity index (χ3n) is 3.34. The Hall–Kier alpha value is -2.58. The quantitative estimate of drug-likeness (QED) is 0.746. The molecule has 0 spiro atoms. The van der Waals surface area contributed by atoms with Gasteiger partial charge < -0.3 is 9.30 Å². The number of rotatable bonds is 3. The van der Waals surface area contributed by atoms with Crippen LogP contribution in [0.25, 0.3) is 10.1 Å². The van der Waals surface area contributed by atoms with Crippen molar-refractivity contribution in [3.8, 4) is 11.8 Å². The van der Waals surface area contributed by atoms with Gasteiger partial charge >= 0.3 is 0 Å². The van der Waals surface area contributed by atoms with E-state index in [9.17, 15) is 4.79 Å². The number of nitrogens with zero attached hydrogens (tertiary/aromatic N) is 2. The number of hydrogen-bond acceptors (Lipinski definition) is 4. The van der Waals surface area contributed by atoms with E-state index in [0.29, 0.717) is 17.9 Å². The Labute approximate surface area is 125 Å². The van der Waals surface area contributed by atoms with Gasteiger partial charge in [0, 0.05) is 16.5 Å². The molecule has 0 bridgehead atoms. The van der Waals surface area contributed by atoms with Crippen LogP contribution >= 0.6 is 11.3 Å². The molecule has 0 aliphatic carbocycles. The Morgan fingerprint density at radius 3 is 2.95 bits per heavy atom. The van der Waals surface area contributed by atoms with Crippen molar-refractivity contribution < 1.29 is 4.74 Å². The SMILES string of the molecule is COc1ccc(C#N)cc1Cn1ccc2sccc2c1=O. The molecule has 2 aromatic heterocycles. The van der Waals surface area contributed by atoms with Crippen LogP contribution in [-0.2, 0) is 6.54 Å². The molecule has 0 amide bonds. The molecule has 104 valence electrons. The zero-order valence-corrected chi connectivity index (χ0v) is 12.2. The third kappa shape index (κ3) is 2.41. The van der Waals surface area contributed by atoms with Crippen LogP contribution < -0.4 is 10.3 Å². The Balaban J connectivity index is 2.08. The molecule has 0 saturated heterocycles. The molecule has 2 heterocycles. The van der Waals surface area contributed by atoms with Crippen molar-refractivity contribution >= 4 is 21.4 Å². The summed E-state index contributed by atoms with van der Waals surface area (Å²) in [7, 11) is 1.58. The van der Waals surface area contributed by atoms with Crippen LogP contribution in [0, 0.1) is 11.3 Å². The number of pyridine rings is 1. The molecule has 0 N–H and O–H groups in total. The molecule has 0 saturated carbocycles. The number of thiophene rings is 1. The van der Waals surface area contributed by atoms with E-state index in [0.717, 1.165) is 15.6 Å². The maximum Gasteiger partial charge on any atom is 0.259 e. The second-order valence-corrected chi connectivity index (χ2v) is 5.53. The van der Waals surface area contributed by atoms with Gasteiger partial charge in [0.05, 0.1) is 30.7 Å². The van der Waals surface area contributed by atoms with Gasteiger partial charge in [0.15, 0.2) is 0 Å². The average molecular weight is 296 g/mol. The first-order chi connectivity index (χ1) is 10.2. The number of nitriles is 1. The maximum atomic E-state index is 12.4. The number of methoxy groups -OCH3 is 1. The minimum absolute atomic E-state index is 0.0295. The number of benzene rings is 1. The number of hydrogen-bond donors (Lipinski definition) is 0. The van der Waals surface area contributed by atoms with Gasteiger partial charge in [-0.1, -0.05) is 0 Å². The molecule has 21 heavy (non-hydrogen) atoms. The van der Waals surface area contributed by atoms with Gasteiger partial charge in [0.1, 0.15) is 5.75 Å². The van der Waals surface area contributed by atoms with Crippen molar-refractivity contribution in [2.24, 2.45) is 0 Å². The molecule has 0 aliphatic heterocycles. The van der Waals surface area contributed by atoms with E-state index in [1.807, 2.05) is 17.5 Å². The predicted octanol–water partition coefficient (Wildman–Crippen LogP) is 2.99. The van der Waals surface area contributed by atoms with Crippen molar-refractivity contribution in [3.05, 3.63) is 63.4 Å². The smallest absolute Gasteiger partial charge is 0.259 e. The molecule has 3 aromatic rings. The minimum Gasteiger partial charge on any atom is -0.496 e. The summed E-state index contributed by atoms with van der Waals surface area (Å²) < 4.78 is 7.92.